The van der Waals surface area contributed by atoms with E-state index < -0.39 is 0 Å². The van der Waals surface area contributed by atoms with E-state index in [1.807, 2.05) is 18.7 Å². The molecule has 1 fully saturated rings. The van der Waals surface area contributed by atoms with Crippen LogP contribution >= 0.6 is 0 Å². The van der Waals surface area contributed by atoms with Gasteiger partial charge in [-0.2, -0.15) is 0 Å². The maximum absolute atomic E-state index is 12.8. The molecule has 0 saturated carbocycles. The fourth-order valence-electron chi connectivity index (χ4n) is 4.49. The highest BCUT2D eigenvalue weighted by atomic mass is 16.5. The monoisotopic (exact) mass is 353 g/mol. The summed E-state index contributed by atoms with van der Waals surface area (Å²) in [7, 11) is 0. The van der Waals surface area contributed by atoms with E-state index in [1.165, 1.54) is 23.1 Å². The van der Waals surface area contributed by atoms with Crippen LogP contribution in [0.3, 0.4) is 0 Å². The highest BCUT2D eigenvalue weighted by Gasteiger charge is 2.31. The second kappa shape index (κ2) is 7.23. The molecule has 1 aromatic heterocycles. The Kier molecular flexibility index (Phi) is 4.81. The molecule has 0 radical (unpaired) electrons. The molecular weight excluding hydrogens is 326 g/mol. The molecule has 1 aromatic carbocycles. The molecule has 26 heavy (non-hydrogen) atoms. The fraction of sp³-hybridized carbons (Fsp3) is 0.524. The van der Waals surface area contributed by atoms with Gasteiger partial charge in [-0.05, 0) is 50.8 Å². The Bertz CT molecular complexity index is 779. The third-order valence-electron chi connectivity index (χ3n) is 5.88. The maximum Gasteiger partial charge on any atom is 0.224 e. The number of benzene rings is 1. The van der Waals surface area contributed by atoms with Crippen LogP contribution in [0.1, 0.15) is 53.4 Å². The van der Waals surface area contributed by atoms with Crippen molar-refractivity contribution < 1.29 is 9.32 Å². The molecular formula is C21H27N3O2. The number of fused-ring (bicyclic) bond motifs is 1. The summed E-state index contributed by atoms with van der Waals surface area (Å²) >= 11 is 0. The third kappa shape index (κ3) is 3.28. The van der Waals surface area contributed by atoms with Gasteiger partial charge < -0.3 is 9.42 Å². The first-order valence-electron chi connectivity index (χ1n) is 9.65. The van der Waals surface area contributed by atoms with Crippen LogP contribution in [0.15, 0.2) is 28.8 Å². The third-order valence-corrected chi connectivity index (χ3v) is 5.88. The standard InChI is InChI=1S/C21H27N3O2/c1-15-21(16(2)26-22-15)19-8-5-11-23(19)13-10-20(25)24-12-9-17-6-3-4-7-18(17)14-24/h3-4,6-7,19H,5,8-14H2,1-2H3. The Hall–Kier alpha value is -2.14. The molecule has 1 amide bonds. The number of carbonyl (C=O) groups excluding carboxylic acids is 1. The van der Waals surface area contributed by atoms with Crippen molar-refractivity contribution in [1.29, 1.82) is 0 Å². The first-order valence-corrected chi connectivity index (χ1v) is 9.65. The minimum absolute atomic E-state index is 0.268. The van der Waals surface area contributed by atoms with Gasteiger partial charge in [0.2, 0.25) is 5.91 Å². The van der Waals surface area contributed by atoms with Crippen LogP contribution in [-0.2, 0) is 17.8 Å². The summed E-state index contributed by atoms with van der Waals surface area (Å²) in [6.45, 7) is 7.45. The predicted molar refractivity (Wildman–Crippen MR) is 99.7 cm³/mol. The second-order valence-electron chi connectivity index (χ2n) is 7.52. The Morgan fingerprint density at radius 3 is 2.81 bits per heavy atom. The van der Waals surface area contributed by atoms with Crippen LogP contribution in [0.4, 0.5) is 0 Å². The SMILES string of the molecule is Cc1noc(C)c1C1CCCN1CCC(=O)N1CCc2ccccc2C1. The van der Waals surface area contributed by atoms with Gasteiger partial charge in [0.1, 0.15) is 5.76 Å². The summed E-state index contributed by atoms with van der Waals surface area (Å²) in [5, 5.41) is 4.11. The number of nitrogens with zero attached hydrogens (tertiary/aromatic N) is 3. The largest absolute Gasteiger partial charge is 0.361 e. The lowest BCUT2D eigenvalue weighted by Gasteiger charge is -2.30. The van der Waals surface area contributed by atoms with Crippen LogP contribution in [0.2, 0.25) is 0 Å². The molecule has 1 saturated heterocycles. The van der Waals surface area contributed by atoms with Crippen molar-refractivity contribution in [2.75, 3.05) is 19.6 Å². The van der Waals surface area contributed by atoms with Gasteiger partial charge in [-0.25, -0.2) is 0 Å². The molecule has 0 aliphatic carbocycles. The lowest BCUT2D eigenvalue weighted by atomic mass is 9.99. The van der Waals surface area contributed by atoms with Crippen molar-refractivity contribution in [1.82, 2.24) is 15.0 Å². The van der Waals surface area contributed by atoms with Gasteiger partial charge in [-0.15, -0.1) is 0 Å². The molecule has 5 nitrogen and oxygen atoms in total. The van der Waals surface area contributed by atoms with Gasteiger partial charge in [0.15, 0.2) is 0 Å². The number of rotatable bonds is 4. The first-order chi connectivity index (χ1) is 12.6. The van der Waals surface area contributed by atoms with Crippen molar-refractivity contribution in [3.05, 3.63) is 52.4 Å². The quantitative estimate of drug-likeness (QED) is 0.845. The maximum atomic E-state index is 12.8. The predicted octanol–water partition coefficient (Wildman–Crippen LogP) is 3.40. The van der Waals surface area contributed by atoms with Crippen LogP contribution in [0.5, 0.6) is 0 Å². The van der Waals surface area contributed by atoms with Crippen molar-refractivity contribution in [3.8, 4) is 0 Å². The fourth-order valence-corrected chi connectivity index (χ4v) is 4.49. The number of aromatic nitrogens is 1. The summed E-state index contributed by atoms with van der Waals surface area (Å²) in [6, 6.07) is 8.80. The summed E-state index contributed by atoms with van der Waals surface area (Å²) < 4.78 is 5.36. The van der Waals surface area contributed by atoms with Gasteiger partial charge in [0, 0.05) is 37.7 Å². The molecule has 0 spiro atoms. The summed E-state index contributed by atoms with van der Waals surface area (Å²) in [4.78, 5) is 17.2. The summed E-state index contributed by atoms with van der Waals surface area (Å²) in [5.41, 5.74) is 4.89. The molecule has 2 aliphatic heterocycles. The van der Waals surface area contributed by atoms with E-state index in [9.17, 15) is 4.79 Å². The van der Waals surface area contributed by atoms with Crippen molar-refractivity contribution >= 4 is 5.91 Å². The Morgan fingerprint density at radius 1 is 1.23 bits per heavy atom. The molecule has 0 bridgehead atoms. The van der Waals surface area contributed by atoms with E-state index in [0.717, 1.165) is 50.5 Å². The summed E-state index contributed by atoms with van der Waals surface area (Å²) in [6.07, 6.45) is 3.84. The Morgan fingerprint density at radius 2 is 2.04 bits per heavy atom. The molecule has 2 aromatic rings. The van der Waals surface area contributed by atoms with Gasteiger partial charge in [-0.3, -0.25) is 9.69 Å². The molecule has 138 valence electrons. The van der Waals surface area contributed by atoms with Crippen LogP contribution < -0.4 is 0 Å². The first kappa shape index (κ1) is 17.3. The minimum Gasteiger partial charge on any atom is -0.361 e. The zero-order chi connectivity index (χ0) is 18.1. The van der Waals surface area contributed by atoms with Crippen LogP contribution in [0, 0.1) is 13.8 Å². The van der Waals surface area contributed by atoms with Crippen molar-refractivity contribution in [2.24, 2.45) is 0 Å². The zero-order valence-electron chi connectivity index (χ0n) is 15.7. The van der Waals surface area contributed by atoms with E-state index in [2.05, 4.69) is 34.3 Å². The smallest absolute Gasteiger partial charge is 0.224 e. The highest BCUT2D eigenvalue weighted by Crippen LogP contribution is 2.35. The number of likely N-dealkylation sites (tertiary alicyclic amines) is 1. The lowest BCUT2D eigenvalue weighted by Crippen LogP contribution is -2.38. The number of hydrogen-bond acceptors (Lipinski definition) is 4. The lowest BCUT2D eigenvalue weighted by molar-refractivity contribution is -0.132. The topological polar surface area (TPSA) is 49.6 Å². The number of aryl methyl sites for hydroxylation is 2. The number of amides is 1. The van der Waals surface area contributed by atoms with E-state index >= 15 is 0 Å². The minimum atomic E-state index is 0.268. The zero-order valence-corrected chi connectivity index (χ0v) is 15.7. The van der Waals surface area contributed by atoms with E-state index in [0.29, 0.717) is 12.5 Å². The average Bonchev–Trinajstić information content (AvgIpc) is 3.25. The molecule has 4 rings (SSSR count). The van der Waals surface area contributed by atoms with Gasteiger partial charge in [-0.1, -0.05) is 29.4 Å². The van der Waals surface area contributed by atoms with Crippen LogP contribution in [0.25, 0.3) is 0 Å². The molecule has 2 aliphatic rings. The van der Waals surface area contributed by atoms with E-state index in [1.54, 1.807) is 0 Å². The highest BCUT2D eigenvalue weighted by molar-refractivity contribution is 5.76. The number of hydrogen-bond donors (Lipinski definition) is 0. The van der Waals surface area contributed by atoms with Gasteiger partial charge >= 0.3 is 0 Å². The summed E-state index contributed by atoms with van der Waals surface area (Å²) in [5.74, 6) is 1.18. The average molecular weight is 353 g/mol. The van der Waals surface area contributed by atoms with Gasteiger partial charge in [0.25, 0.3) is 0 Å². The molecule has 3 heterocycles. The molecule has 0 N–H and O–H groups in total. The van der Waals surface area contributed by atoms with Crippen molar-refractivity contribution in [3.63, 3.8) is 0 Å². The normalized spacial score (nSPS) is 20.4. The second-order valence-corrected chi connectivity index (χ2v) is 7.52. The van der Waals surface area contributed by atoms with E-state index in [-0.39, 0.29) is 5.91 Å². The van der Waals surface area contributed by atoms with Crippen LogP contribution in [-0.4, -0.2) is 40.5 Å². The van der Waals surface area contributed by atoms with Crippen molar-refractivity contribution in [2.45, 2.75) is 52.1 Å². The Labute approximate surface area is 155 Å². The Balaban J connectivity index is 1.37. The molecule has 1 unspecified atom stereocenters. The number of carbonyl (C=O) groups is 1. The van der Waals surface area contributed by atoms with E-state index in [4.69, 9.17) is 4.52 Å². The van der Waals surface area contributed by atoms with Gasteiger partial charge in [0.05, 0.1) is 5.69 Å². The molecule has 1 atom stereocenters. The molecule has 5 heteroatoms.